The van der Waals surface area contributed by atoms with Crippen LogP contribution in [0.5, 0.6) is 0 Å². The monoisotopic (exact) mass is 613 g/mol. The van der Waals surface area contributed by atoms with E-state index < -0.39 is 46.7 Å². The minimum absolute atomic E-state index is 0.0237. The summed E-state index contributed by atoms with van der Waals surface area (Å²) >= 11 is 0. The third kappa shape index (κ3) is 8.09. The number of carbonyl (C=O) groups excluding carboxylic acids is 2. The molecular formula is C30H30F7N3O3. The fraction of sp³-hybridized carbons (Fsp3) is 0.367. The maximum atomic E-state index is 13.9. The summed E-state index contributed by atoms with van der Waals surface area (Å²) in [6, 6.07) is 7.06. The fourth-order valence-electron chi connectivity index (χ4n) is 4.78. The summed E-state index contributed by atoms with van der Waals surface area (Å²) in [5.41, 5.74) is -0.696. The molecule has 6 nitrogen and oxygen atoms in total. The third-order valence-electron chi connectivity index (χ3n) is 7.07. The third-order valence-corrected chi connectivity index (χ3v) is 7.07. The predicted octanol–water partition coefficient (Wildman–Crippen LogP) is 7.21. The van der Waals surface area contributed by atoms with Gasteiger partial charge in [0.05, 0.1) is 41.7 Å². The summed E-state index contributed by atoms with van der Waals surface area (Å²) in [4.78, 5) is 28.1. The summed E-state index contributed by atoms with van der Waals surface area (Å²) < 4.78 is 98.1. The van der Waals surface area contributed by atoms with Gasteiger partial charge >= 0.3 is 12.4 Å². The van der Waals surface area contributed by atoms with Crippen molar-refractivity contribution in [3.8, 4) is 11.1 Å². The summed E-state index contributed by atoms with van der Waals surface area (Å²) in [6.45, 7) is 4.13. The average molecular weight is 614 g/mol. The Morgan fingerprint density at radius 1 is 1.05 bits per heavy atom. The zero-order valence-corrected chi connectivity index (χ0v) is 23.7. The van der Waals surface area contributed by atoms with Crippen LogP contribution in [0.25, 0.3) is 11.1 Å². The Morgan fingerprint density at radius 3 is 2.14 bits per heavy atom. The lowest BCUT2D eigenvalue weighted by molar-refractivity contribution is -0.143. The maximum absolute atomic E-state index is 13.9. The van der Waals surface area contributed by atoms with E-state index in [1.165, 1.54) is 39.4 Å². The molecule has 1 N–H and O–H groups in total. The van der Waals surface area contributed by atoms with Gasteiger partial charge in [0, 0.05) is 18.7 Å². The zero-order valence-electron chi connectivity index (χ0n) is 23.7. The molecule has 2 atom stereocenters. The van der Waals surface area contributed by atoms with Gasteiger partial charge in [-0.1, -0.05) is 6.07 Å². The first-order valence-electron chi connectivity index (χ1n) is 13.1. The second-order valence-corrected chi connectivity index (χ2v) is 10.0. The number of carbonyl (C=O) groups is 2. The lowest BCUT2D eigenvalue weighted by atomic mass is 9.93. The standard InChI is InChI=1S/C28H26F7N3O.C2H4O2/c1-15-9-20(29)6-7-21(15)22-13-24(23-5-4-8-36-23)37-14-25(22)38(3)26(39)16(2)17-10-18(27(30,31)32)12-19(11-17)28(33,34)35;1-4-2-3/h6-7,9-14,16,23,36H,4-5,8H2,1-3H3;2H,1H3. The van der Waals surface area contributed by atoms with E-state index in [1.807, 2.05) is 0 Å². The first-order valence-corrected chi connectivity index (χ1v) is 13.1. The zero-order chi connectivity index (χ0) is 32.1. The van der Waals surface area contributed by atoms with Gasteiger partial charge in [-0.2, -0.15) is 26.3 Å². The lowest BCUT2D eigenvalue weighted by Gasteiger charge is -2.26. The molecule has 0 bridgehead atoms. The van der Waals surface area contributed by atoms with Crippen LogP contribution in [0, 0.1) is 12.7 Å². The summed E-state index contributed by atoms with van der Waals surface area (Å²) in [7, 11) is 2.69. The number of amides is 1. The van der Waals surface area contributed by atoms with Gasteiger partial charge in [0.2, 0.25) is 5.91 Å². The number of alkyl halides is 6. The number of anilines is 1. The van der Waals surface area contributed by atoms with Crippen LogP contribution < -0.4 is 10.2 Å². The van der Waals surface area contributed by atoms with E-state index in [0.717, 1.165) is 24.3 Å². The Bertz CT molecular complexity index is 1420. The molecule has 4 rings (SSSR count). The van der Waals surface area contributed by atoms with Crippen LogP contribution in [-0.2, 0) is 26.7 Å². The van der Waals surface area contributed by atoms with Crippen LogP contribution in [0.3, 0.4) is 0 Å². The van der Waals surface area contributed by atoms with Crippen LogP contribution in [0.2, 0.25) is 0 Å². The first kappa shape index (κ1) is 33.5. The van der Waals surface area contributed by atoms with E-state index in [1.54, 1.807) is 19.1 Å². The lowest BCUT2D eigenvalue weighted by Crippen LogP contribution is -2.31. The average Bonchev–Trinajstić information content (AvgIpc) is 3.50. The van der Waals surface area contributed by atoms with Crippen LogP contribution in [-0.4, -0.2) is 38.1 Å². The Kier molecular flexibility index (Phi) is 10.5. The van der Waals surface area contributed by atoms with Crippen LogP contribution in [0.15, 0.2) is 48.7 Å². The molecule has 2 unspecified atom stereocenters. The minimum atomic E-state index is -5.04. The van der Waals surface area contributed by atoms with Crippen molar-refractivity contribution < 1.29 is 45.1 Å². The van der Waals surface area contributed by atoms with Crippen LogP contribution >= 0.6 is 0 Å². The molecule has 1 amide bonds. The van der Waals surface area contributed by atoms with Crippen molar-refractivity contribution in [2.45, 2.75) is 51.0 Å². The molecular weight excluding hydrogens is 583 g/mol. The smallest absolute Gasteiger partial charge is 0.416 e. The molecule has 2 heterocycles. The predicted molar refractivity (Wildman–Crippen MR) is 146 cm³/mol. The van der Waals surface area contributed by atoms with Crippen LogP contribution in [0.4, 0.5) is 36.4 Å². The molecule has 1 aliphatic heterocycles. The van der Waals surface area contributed by atoms with Gasteiger partial charge in [0.25, 0.3) is 6.47 Å². The van der Waals surface area contributed by atoms with Gasteiger partial charge in [-0.25, -0.2) is 4.39 Å². The van der Waals surface area contributed by atoms with Gasteiger partial charge in [0.1, 0.15) is 5.82 Å². The molecule has 3 aromatic rings. The van der Waals surface area contributed by atoms with Crippen molar-refractivity contribution in [1.82, 2.24) is 10.3 Å². The second kappa shape index (κ2) is 13.5. The van der Waals surface area contributed by atoms with Gasteiger partial charge in [-0.3, -0.25) is 14.6 Å². The molecule has 0 spiro atoms. The van der Waals surface area contributed by atoms with E-state index in [-0.39, 0.29) is 17.8 Å². The molecule has 0 radical (unpaired) electrons. The normalized spacial score (nSPS) is 15.7. The summed E-state index contributed by atoms with van der Waals surface area (Å²) in [6.07, 6.45) is -6.83. The molecule has 1 aliphatic rings. The highest BCUT2D eigenvalue weighted by atomic mass is 19.4. The van der Waals surface area contributed by atoms with E-state index in [4.69, 9.17) is 4.79 Å². The number of hydrogen-bond donors (Lipinski definition) is 1. The maximum Gasteiger partial charge on any atom is 0.416 e. The number of aromatic nitrogens is 1. The highest BCUT2D eigenvalue weighted by Crippen LogP contribution is 2.40. The molecule has 1 fully saturated rings. The number of hydrogen-bond acceptors (Lipinski definition) is 5. The van der Waals surface area contributed by atoms with Crippen molar-refractivity contribution in [2.75, 3.05) is 25.6 Å². The Labute approximate surface area is 243 Å². The molecule has 1 aromatic heterocycles. The molecule has 0 saturated carbocycles. The molecule has 232 valence electrons. The van der Waals surface area contributed by atoms with Crippen LogP contribution in [0.1, 0.15) is 59.7 Å². The Hall–Kier alpha value is -4.00. The van der Waals surface area contributed by atoms with Gasteiger partial charge in [0.15, 0.2) is 0 Å². The number of nitrogens with one attached hydrogen (secondary N) is 1. The van der Waals surface area contributed by atoms with Crippen molar-refractivity contribution in [3.05, 3.63) is 82.4 Å². The number of ether oxygens (including phenoxy) is 1. The first-order chi connectivity index (χ1) is 20.1. The molecule has 0 aliphatic carbocycles. The van der Waals surface area contributed by atoms with E-state index in [9.17, 15) is 35.5 Å². The highest BCUT2D eigenvalue weighted by Gasteiger charge is 2.38. The summed E-state index contributed by atoms with van der Waals surface area (Å²) in [5, 5.41) is 3.33. The topological polar surface area (TPSA) is 71.5 Å². The quantitative estimate of drug-likeness (QED) is 0.235. The van der Waals surface area contributed by atoms with Gasteiger partial charge in [-0.05, 0) is 86.3 Å². The molecule has 2 aromatic carbocycles. The number of methoxy groups -OCH3 is 1. The van der Waals surface area contributed by atoms with Crippen molar-refractivity contribution >= 4 is 18.1 Å². The summed E-state index contributed by atoms with van der Waals surface area (Å²) in [5.74, 6) is -2.54. The number of nitrogens with zero attached hydrogens (tertiary/aromatic N) is 2. The largest absolute Gasteiger partial charge is 0.471 e. The van der Waals surface area contributed by atoms with Crippen molar-refractivity contribution in [3.63, 3.8) is 0 Å². The fourth-order valence-corrected chi connectivity index (χ4v) is 4.78. The highest BCUT2D eigenvalue weighted by molar-refractivity contribution is 6.01. The number of pyridine rings is 1. The Balaban J connectivity index is 0.00000119. The van der Waals surface area contributed by atoms with Crippen molar-refractivity contribution in [2.24, 2.45) is 0 Å². The van der Waals surface area contributed by atoms with Gasteiger partial charge < -0.3 is 15.0 Å². The Morgan fingerprint density at radius 2 is 1.65 bits per heavy atom. The number of likely N-dealkylation sites (N-methyl/N-ethyl adjacent to an activating group) is 1. The second-order valence-electron chi connectivity index (χ2n) is 10.0. The van der Waals surface area contributed by atoms with E-state index in [2.05, 4.69) is 15.0 Å². The van der Waals surface area contributed by atoms with E-state index >= 15 is 0 Å². The minimum Gasteiger partial charge on any atom is -0.471 e. The number of benzene rings is 2. The van der Waals surface area contributed by atoms with Gasteiger partial charge in [-0.15, -0.1) is 0 Å². The van der Waals surface area contributed by atoms with Crippen molar-refractivity contribution in [1.29, 1.82) is 0 Å². The molecule has 43 heavy (non-hydrogen) atoms. The number of halogens is 7. The van der Waals surface area contributed by atoms with E-state index in [0.29, 0.717) is 41.0 Å². The SMILES string of the molecule is COC=O.Cc1cc(F)ccc1-c1cc(C2CCCN2)ncc1N(C)C(=O)C(C)c1cc(C(F)(F)F)cc(C(F)(F)F)c1. The number of aryl methyl sites for hydroxylation is 1. The molecule has 1 saturated heterocycles. The number of rotatable bonds is 6. The molecule has 13 heteroatoms.